The zero-order chi connectivity index (χ0) is 31.5. The highest BCUT2D eigenvalue weighted by Gasteiger charge is 2.71. The molecule has 10 nitrogen and oxygen atoms in total. The summed E-state index contributed by atoms with van der Waals surface area (Å²) in [6, 6.07) is 0. The fourth-order valence-electron chi connectivity index (χ4n) is 11.6. The zero-order valence-electron chi connectivity index (χ0n) is 28.3. The zero-order valence-corrected chi connectivity index (χ0v) is 28.3. The van der Waals surface area contributed by atoms with Gasteiger partial charge in [0.25, 0.3) is 0 Å². The topological polar surface area (TPSA) is 103 Å². The van der Waals surface area contributed by atoms with Gasteiger partial charge in [-0.05, 0) is 101 Å². The lowest BCUT2D eigenvalue weighted by atomic mass is 9.56. The summed E-state index contributed by atoms with van der Waals surface area (Å²) in [5.41, 5.74) is -1.21. The fourth-order valence-corrected chi connectivity index (χ4v) is 11.6. The molecule has 1 N–H and O–H groups in total. The molecule has 1 amide bonds. The Morgan fingerprint density at radius 3 is 1.53 bits per heavy atom. The second kappa shape index (κ2) is 10.8. The first-order valence-corrected chi connectivity index (χ1v) is 18.0. The molecule has 4 unspecified atom stereocenters. The quantitative estimate of drug-likeness (QED) is 0.386. The first kappa shape index (κ1) is 31.4. The summed E-state index contributed by atoms with van der Waals surface area (Å²) < 4.78 is 27.1. The highest BCUT2D eigenvalue weighted by atomic mass is 17.3. The second-order valence-electron chi connectivity index (χ2n) is 16.7. The Morgan fingerprint density at radius 1 is 0.667 bits per heavy atom. The van der Waals surface area contributed by atoms with Crippen LogP contribution in [0.5, 0.6) is 0 Å². The van der Waals surface area contributed by atoms with Gasteiger partial charge in [0, 0.05) is 37.6 Å². The van der Waals surface area contributed by atoms with Crippen LogP contribution in [0.3, 0.4) is 0 Å². The molecule has 10 fully saturated rings. The minimum Gasteiger partial charge on any atom is -0.359 e. The van der Waals surface area contributed by atoms with Crippen molar-refractivity contribution in [3.05, 3.63) is 0 Å². The Balaban J connectivity index is 1.05. The van der Waals surface area contributed by atoms with Crippen molar-refractivity contribution in [3.8, 4) is 0 Å². The van der Waals surface area contributed by atoms with Gasteiger partial charge in [0.15, 0.2) is 23.8 Å². The van der Waals surface area contributed by atoms with E-state index < -0.39 is 35.4 Å². The normalized spacial score (nSPS) is 57.2. The molecule has 8 saturated heterocycles. The summed E-state index contributed by atoms with van der Waals surface area (Å²) in [4.78, 5) is 38.4. The standard InChI is InChI=1S/C35H55NO9/c1-18-8-10-25-20(3)27(38-30-34(25)23(18)12-14-32(5,40-30)42-44-34)16-22(29(37)36-7)17-28-21(4)26-11-9-19(2)24-13-15-33(6)41-31(39-28)35(24,26)45-43-33/h18-28,30-31H,8-17H2,1-7H3,(H,36,37)/t18-,19-,20-,21-,22?,23?,24?,25+,26+,27-,28?,30-,31-,32+,33+,34-,35-/m1/s1. The maximum absolute atomic E-state index is 13.6. The van der Waals surface area contributed by atoms with E-state index in [4.69, 9.17) is 38.5 Å². The first-order chi connectivity index (χ1) is 21.4. The number of amides is 1. The van der Waals surface area contributed by atoms with Crippen molar-refractivity contribution in [2.45, 2.75) is 153 Å². The average molecular weight is 634 g/mol. The number of hydrogen-bond donors (Lipinski definition) is 1. The molecule has 10 rings (SSSR count). The first-order valence-electron chi connectivity index (χ1n) is 18.0. The van der Waals surface area contributed by atoms with E-state index in [9.17, 15) is 4.79 Å². The highest BCUT2D eigenvalue weighted by molar-refractivity contribution is 5.78. The van der Waals surface area contributed by atoms with Crippen molar-refractivity contribution in [1.82, 2.24) is 5.32 Å². The van der Waals surface area contributed by atoms with Gasteiger partial charge in [-0.25, -0.2) is 19.6 Å². The number of rotatable bonds is 5. The lowest BCUT2D eigenvalue weighted by molar-refractivity contribution is -0.571. The average Bonchev–Trinajstić information content (AvgIpc) is 3.39. The smallest absolute Gasteiger partial charge is 0.223 e. The number of fused-ring (bicyclic) bond motifs is 4. The van der Waals surface area contributed by atoms with Gasteiger partial charge in [-0.3, -0.25) is 4.79 Å². The fraction of sp³-hybridized carbons (Fsp3) is 0.971. The van der Waals surface area contributed by atoms with Gasteiger partial charge < -0.3 is 24.3 Å². The third kappa shape index (κ3) is 4.52. The van der Waals surface area contributed by atoms with E-state index in [1.165, 1.54) is 0 Å². The van der Waals surface area contributed by atoms with Crippen LogP contribution in [-0.4, -0.2) is 60.5 Å². The minimum atomic E-state index is -0.819. The van der Waals surface area contributed by atoms with Crippen LogP contribution in [0, 0.1) is 53.3 Å². The van der Waals surface area contributed by atoms with Crippen LogP contribution >= 0.6 is 0 Å². The van der Waals surface area contributed by atoms with E-state index in [0.29, 0.717) is 36.5 Å². The van der Waals surface area contributed by atoms with Crippen LogP contribution in [0.2, 0.25) is 0 Å². The van der Waals surface area contributed by atoms with Gasteiger partial charge in [-0.15, -0.1) is 0 Å². The Kier molecular flexibility index (Phi) is 7.56. The van der Waals surface area contributed by atoms with Crippen LogP contribution in [0.25, 0.3) is 0 Å². The predicted octanol–water partition coefficient (Wildman–Crippen LogP) is 5.63. The SMILES string of the molecule is CNC(=O)C(CC1O[C@@H]2O[C@]3(C)CCC4[C@H](C)CC[C@@H]([C@H]1C)[C@]42OO3)C[C@H]1O[C@@H]2O[C@]3(C)CCC4[C@H](C)CC[C@@H]([C@H]1C)[C@]42OO3. The van der Waals surface area contributed by atoms with E-state index in [1.54, 1.807) is 7.05 Å². The van der Waals surface area contributed by atoms with Crippen molar-refractivity contribution in [2.75, 3.05) is 7.05 Å². The molecule has 0 aromatic heterocycles. The van der Waals surface area contributed by atoms with Crippen LogP contribution in [0.1, 0.15) is 106 Å². The van der Waals surface area contributed by atoms with E-state index in [0.717, 1.165) is 51.4 Å². The van der Waals surface area contributed by atoms with Gasteiger partial charge in [-0.1, -0.05) is 27.7 Å². The van der Waals surface area contributed by atoms with E-state index in [2.05, 4.69) is 33.0 Å². The largest absolute Gasteiger partial charge is 0.359 e. The van der Waals surface area contributed by atoms with E-state index in [-0.39, 0.29) is 47.7 Å². The summed E-state index contributed by atoms with van der Waals surface area (Å²) >= 11 is 0. The van der Waals surface area contributed by atoms with Crippen molar-refractivity contribution >= 4 is 5.91 Å². The van der Waals surface area contributed by atoms with Crippen LogP contribution < -0.4 is 5.32 Å². The molecule has 45 heavy (non-hydrogen) atoms. The van der Waals surface area contributed by atoms with Gasteiger partial charge in [0.2, 0.25) is 17.5 Å². The summed E-state index contributed by atoms with van der Waals surface area (Å²) in [6.45, 7) is 13.1. The molecule has 17 atom stereocenters. The molecule has 2 spiro atoms. The van der Waals surface area contributed by atoms with Crippen LogP contribution in [0.15, 0.2) is 0 Å². The number of carbonyl (C=O) groups is 1. The van der Waals surface area contributed by atoms with Crippen molar-refractivity contribution in [3.63, 3.8) is 0 Å². The van der Waals surface area contributed by atoms with Gasteiger partial charge >= 0.3 is 0 Å². The number of carbonyl (C=O) groups excluding carboxylic acids is 1. The molecule has 2 aliphatic carbocycles. The number of hydrogen-bond acceptors (Lipinski definition) is 9. The lowest BCUT2D eigenvalue weighted by Gasteiger charge is -2.61. The molecule has 8 heterocycles. The molecule has 0 aromatic carbocycles. The molecule has 10 heteroatoms. The molecule has 254 valence electrons. The third-order valence-corrected chi connectivity index (χ3v) is 14.2. The molecule has 8 aliphatic heterocycles. The number of ether oxygens (including phenoxy) is 4. The maximum Gasteiger partial charge on any atom is 0.223 e. The summed E-state index contributed by atoms with van der Waals surface area (Å²) in [5.74, 6) is 0.569. The van der Waals surface area contributed by atoms with Gasteiger partial charge in [0.1, 0.15) is 0 Å². The highest BCUT2D eigenvalue weighted by Crippen LogP contribution is 2.63. The Hall–Kier alpha value is -0.850. The molecule has 10 aliphatic rings. The monoisotopic (exact) mass is 633 g/mol. The van der Waals surface area contributed by atoms with Gasteiger partial charge in [0.05, 0.1) is 12.2 Å². The van der Waals surface area contributed by atoms with Gasteiger partial charge in [-0.2, -0.15) is 0 Å². The molecule has 4 bridgehead atoms. The summed E-state index contributed by atoms with van der Waals surface area (Å²) in [5, 5.41) is 2.97. The van der Waals surface area contributed by atoms with E-state index >= 15 is 0 Å². The van der Waals surface area contributed by atoms with Crippen LogP contribution in [0.4, 0.5) is 0 Å². The van der Waals surface area contributed by atoms with Crippen molar-refractivity contribution in [2.24, 2.45) is 53.3 Å². The maximum atomic E-state index is 13.6. The van der Waals surface area contributed by atoms with Crippen LogP contribution in [-0.2, 0) is 43.3 Å². The second-order valence-corrected chi connectivity index (χ2v) is 16.7. The van der Waals surface area contributed by atoms with E-state index in [1.807, 2.05) is 13.8 Å². The van der Waals surface area contributed by atoms with Crippen molar-refractivity contribution < 1.29 is 43.3 Å². The lowest BCUT2D eigenvalue weighted by Crippen LogP contribution is -2.70. The molecule has 0 aromatic rings. The Morgan fingerprint density at radius 2 is 1.11 bits per heavy atom. The number of nitrogens with one attached hydrogen (secondary N) is 1. The summed E-state index contributed by atoms with van der Waals surface area (Å²) in [7, 11) is 1.73. The molecular formula is C35H55NO9. The predicted molar refractivity (Wildman–Crippen MR) is 160 cm³/mol. The summed E-state index contributed by atoms with van der Waals surface area (Å²) in [6.07, 6.45) is 7.81. The molecule has 0 radical (unpaired) electrons. The third-order valence-electron chi connectivity index (χ3n) is 14.2. The molecule has 2 saturated carbocycles. The molecular weight excluding hydrogens is 578 g/mol. The Labute approximate surface area is 268 Å². The Bertz CT molecular complexity index is 1090. The van der Waals surface area contributed by atoms with Crippen molar-refractivity contribution in [1.29, 1.82) is 0 Å². The minimum absolute atomic E-state index is 0.0251.